The van der Waals surface area contributed by atoms with E-state index in [1.165, 1.54) is 18.0 Å². The van der Waals surface area contributed by atoms with Gasteiger partial charge in [0.15, 0.2) is 0 Å². The number of anilines is 3. The Bertz CT molecular complexity index is 1870. The Hall–Kier alpha value is -5.38. The molecule has 5 aromatic rings. The number of hydrogen-bond donors (Lipinski definition) is 3. The number of carbonyl (C=O) groups excluding carboxylic acids is 3. The van der Waals surface area contributed by atoms with E-state index in [4.69, 9.17) is 11.6 Å². The summed E-state index contributed by atoms with van der Waals surface area (Å²) in [5.74, 6) is -0.790. The Morgan fingerprint density at radius 1 is 0.809 bits per heavy atom. The van der Waals surface area contributed by atoms with Crippen LogP contribution < -0.4 is 20.9 Å². The van der Waals surface area contributed by atoms with Gasteiger partial charge < -0.3 is 20.9 Å². The van der Waals surface area contributed by atoms with Crippen LogP contribution in [0.15, 0.2) is 138 Å². The van der Waals surface area contributed by atoms with Crippen molar-refractivity contribution in [3.8, 4) is 0 Å². The van der Waals surface area contributed by atoms with Gasteiger partial charge >= 0.3 is 0 Å². The summed E-state index contributed by atoms with van der Waals surface area (Å²) in [6.45, 7) is 0. The zero-order chi connectivity index (χ0) is 33.2. The first kappa shape index (κ1) is 33.0. The molecule has 3 N–H and O–H groups in total. The zero-order valence-electron chi connectivity index (χ0n) is 25.7. The summed E-state index contributed by atoms with van der Waals surface area (Å²) < 4.78 is 0. The zero-order valence-corrected chi connectivity index (χ0v) is 27.3. The second kappa shape index (κ2) is 15.8. The van der Waals surface area contributed by atoms with E-state index < -0.39 is 17.1 Å². The molecule has 5 rings (SSSR count). The average Bonchev–Trinajstić information content (AvgIpc) is 3.09. The molecule has 4 aromatic carbocycles. The fourth-order valence-corrected chi connectivity index (χ4v) is 5.70. The van der Waals surface area contributed by atoms with E-state index in [0.29, 0.717) is 22.1 Å². The van der Waals surface area contributed by atoms with Crippen LogP contribution in [-0.2, 0) is 9.59 Å². The Labute approximate surface area is 282 Å². The van der Waals surface area contributed by atoms with Crippen molar-refractivity contribution >= 4 is 64.4 Å². The van der Waals surface area contributed by atoms with Gasteiger partial charge in [-0.25, -0.2) is 4.98 Å². The molecule has 3 amide bonds. The van der Waals surface area contributed by atoms with Gasteiger partial charge in [-0.2, -0.15) is 0 Å². The van der Waals surface area contributed by atoms with Crippen molar-refractivity contribution < 1.29 is 14.4 Å². The Balaban J connectivity index is 1.37. The number of halogens is 1. The quantitative estimate of drug-likeness (QED) is 0.0991. The van der Waals surface area contributed by atoms with Crippen molar-refractivity contribution in [1.82, 2.24) is 10.3 Å². The summed E-state index contributed by atoms with van der Waals surface area (Å²) in [7, 11) is 3.89. The highest BCUT2D eigenvalue weighted by Gasteiger charge is 2.23. The number of hydrogen-bond acceptors (Lipinski definition) is 6. The summed E-state index contributed by atoms with van der Waals surface area (Å²) in [5, 5.41) is 8.40. The van der Waals surface area contributed by atoms with Crippen molar-refractivity contribution in [2.45, 2.75) is 10.1 Å². The lowest BCUT2D eigenvalue weighted by molar-refractivity contribution is -0.116. The van der Waals surface area contributed by atoms with Crippen LogP contribution in [0.1, 0.15) is 26.7 Å². The summed E-state index contributed by atoms with van der Waals surface area (Å²) >= 11 is 7.29. The molecule has 0 saturated heterocycles. The van der Waals surface area contributed by atoms with E-state index in [-0.39, 0.29) is 11.6 Å². The highest BCUT2D eigenvalue weighted by Crippen LogP contribution is 2.37. The maximum absolute atomic E-state index is 13.7. The minimum Gasteiger partial charge on any atom is -0.378 e. The molecule has 236 valence electrons. The third-order valence-corrected chi connectivity index (χ3v) is 8.39. The highest BCUT2D eigenvalue weighted by atomic mass is 35.5. The lowest BCUT2D eigenvalue weighted by Crippen LogP contribution is -2.30. The molecule has 47 heavy (non-hydrogen) atoms. The van der Waals surface area contributed by atoms with Gasteiger partial charge in [-0.3, -0.25) is 14.4 Å². The van der Waals surface area contributed by atoms with Crippen LogP contribution in [0.5, 0.6) is 0 Å². The largest absolute Gasteiger partial charge is 0.378 e. The van der Waals surface area contributed by atoms with Crippen molar-refractivity contribution in [1.29, 1.82) is 0 Å². The normalized spacial score (nSPS) is 11.7. The fraction of sp³-hybridized carbons (Fsp3) is 0.0811. The molecule has 1 unspecified atom stereocenters. The fourth-order valence-electron chi connectivity index (χ4n) is 4.50. The summed E-state index contributed by atoms with van der Waals surface area (Å²) in [4.78, 5) is 47.1. The summed E-state index contributed by atoms with van der Waals surface area (Å²) in [5.41, 5.74) is 3.54. The standard InChI is InChI=1S/C37H32ClN5O3S/c1-43(2)30-19-16-25(17-20-30)22-32(41-35(44)27-12-7-4-8-13-27)36(45)40-29-14-9-15-31(23-29)47-34(26-10-5-3-6-11-26)37(46)42-33-21-18-28(38)24-39-33/h3-24,34H,1-2H3,(H,40,45)(H,41,44)(H,39,42,46)/b32-22+. The predicted octanol–water partition coefficient (Wildman–Crippen LogP) is 7.68. The number of amides is 3. The first-order valence-corrected chi connectivity index (χ1v) is 15.9. The molecule has 0 saturated carbocycles. The molecular weight excluding hydrogens is 630 g/mol. The van der Waals surface area contributed by atoms with E-state index in [0.717, 1.165) is 21.7 Å². The Morgan fingerprint density at radius 3 is 2.17 bits per heavy atom. The minimum absolute atomic E-state index is 0.0755. The van der Waals surface area contributed by atoms with Crippen LogP contribution in [-0.4, -0.2) is 36.8 Å². The SMILES string of the molecule is CN(C)c1ccc(/C=C(/NC(=O)c2ccccc2)C(=O)Nc2cccc(SC(C(=O)Nc3ccc(Cl)cn3)c3ccccc3)c2)cc1. The number of aromatic nitrogens is 1. The average molecular weight is 662 g/mol. The number of carbonyl (C=O) groups is 3. The molecule has 0 bridgehead atoms. The predicted molar refractivity (Wildman–Crippen MR) is 191 cm³/mol. The second-order valence-corrected chi connectivity index (χ2v) is 12.2. The van der Waals surface area contributed by atoms with Crippen LogP contribution in [0.4, 0.5) is 17.2 Å². The van der Waals surface area contributed by atoms with E-state index in [2.05, 4.69) is 20.9 Å². The first-order valence-electron chi connectivity index (χ1n) is 14.7. The third-order valence-electron chi connectivity index (χ3n) is 6.91. The number of pyridine rings is 1. The van der Waals surface area contributed by atoms with Crippen molar-refractivity contribution in [3.63, 3.8) is 0 Å². The van der Waals surface area contributed by atoms with Crippen molar-refractivity contribution in [2.24, 2.45) is 0 Å². The molecule has 0 aliphatic carbocycles. The molecule has 0 spiro atoms. The van der Waals surface area contributed by atoms with Crippen LogP contribution in [0.25, 0.3) is 6.08 Å². The number of nitrogens with zero attached hydrogens (tertiary/aromatic N) is 2. The maximum atomic E-state index is 13.7. The third kappa shape index (κ3) is 9.32. The molecule has 0 aliphatic rings. The second-order valence-electron chi connectivity index (χ2n) is 10.6. The molecule has 0 fully saturated rings. The van der Waals surface area contributed by atoms with Crippen LogP contribution >= 0.6 is 23.4 Å². The lowest BCUT2D eigenvalue weighted by Gasteiger charge is -2.17. The van der Waals surface area contributed by atoms with E-state index in [9.17, 15) is 14.4 Å². The van der Waals surface area contributed by atoms with Gasteiger partial charge in [-0.15, -0.1) is 11.8 Å². The molecule has 1 atom stereocenters. The Kier molecular flexibility index (Phi) is 11.1. The molecule has 1 aromatic heterocycles. The minimum atomic E-state index is -0.620. The van der Waals surface area contributed by atoms with E-state index in [1.54, 1.807) is 60.7 Å². The highest BCUT2D eigenvalue weighted by molar-refractivity contribution is 8.00. The van der Waals surface area contributed by atoms with E-state index >= 15 is 0 Å². The molecule has 0 radical (unpaired) electrons. The topological polar surface area (TPSA) is 103 Å². The molecule has 8 nitrogen and oxygen atoms in total. The lowest BCUT2D eigenvalue weighted by atomic mass is 10.1. The van der Waals surface area contributed by atoms with Gasteiger partial charge in [0.1, 0.15) is 16.8 Å². The van der Waals surface area contributed by atoms with Crippen LogP contribution in [0.3, 0.4) is 0 Å². The Morgan fingerprint density at radius 2 is 1.51 bits per heavy atom. The maximum Gasteiger partial charge on any atom is 0.272 e. The van der Waals surface area contributed by atoms with Crippen molar-refractivity contribution in [2.75, 3.05) is 29.6 Å². The van der Waals surface area contributed by atoms with Gasteiger partial charge in [0.2, 0.25) is 5.91 Å². The van der Waals surface area contributed by atoms with Gasteiger partial charge in [-0.1, -0.05) is 78.3 Å². The number of thioether (sulfide) groups is 1. The molecule has 0 aliphatic heterocycles. The smallest absolute Gasteiger partial charge is 0.272 e. The number of nitrogens with one attached hydrogen (secondary N) is 3. The monoisotopic (exact) mass is 661 g/mol. The van der Waals surface area contributed by atoms with Gasteiger partial charge in [0, 0.05) is 42.1 Å². The van der Waals surface area contributed by atoms with Crippen LogP contribution in [0.2, 0.25) is 5.02 Å². The van der Waals surface area contributed by atoms with Gasteiger partial charge in [0.25, 0.3) is 11.8 Å². The molecule has 10 heteroatoms. The number of benzene rings is 4. The molecular formula is C37H32ClN5O3S. The van der Waals surface area contributed by atoms with Crippen molar-refractivity contribution in [3.05, 3.63) is 155 Å². The van der Waals surface area contributed by atoms with E-state index in [1.807, 2.05) is 85.7 Å². The summed E-state index contributed by atoms with van der Waals surface area (Å²) in [6, 6.07) is 36.2. The van der Waals surface area contributed by atoms with Gasteiger partial charge in [-0.05, 0) is 71.8 Å². The first-order chi connectivity index (χ1) is 22.7. The summed E-state index contributed by atoms with van der Waals surface area (Å²) in [6.07, 6.45) is 3.10. The molecule has 1 heterocycles. The number of rotatable bonds is 11. The van der Waals surface area contributed by atoms with Crippen LogP contribution in [0, 0.1) is 0 Å². The van der Waals surface area contributed by atoms with Gasteiger partial charge in [0.05, 0.1) is 5.02 Å².